The fraction of sp³-hybridized carbons (Fsp3) is 0. The van der Waals surface area contributed by atoms with Crippen LogP contribution in [-0.4, -0.2) is 14.7 Å². The molecule has 3 nitrogen and oxygen atoms in total. The Balaban J connectivity index is 3.68. The van der Waals surface area contributed by atoms with E-state index >= 15 is 0 Å². The van der Waals surface area contributed by atoms with Crippen LogP contribution in [0.4, 0.5) is 22.0 Å². The molecule has 1 rings (SSSR count). The van der Waals surface area contributed by atoms with E-state index in [1.54, 1.807) is 0 Å². The van der Waals surface area contributed by atoms with Crippen LogP contribution in [0.5, 0.6) is 0 Å². The fourth-order valence-corrected chi connectivity index (χ4v) is 1.58. The van der Waals surface area contributed by atoms with Crippen molar-refractivity contribution in [3.63, 3.8) is 0 Å². The first-order valence-electron chi connectivity index (χ1n) is 3.27. The van der Waals surface area contributed by atoms with E-state index in [1.807, 2.05) is 0 Å². The predicted molar refractivity (Wildman–Crippen MR) is 39.4 cm³/mol. The van der Waals surface area contributed by atoms with Crippen molar-refractivity contribution in [2.75, 3.05) is 0 Å². The fourth-order valence-electron chi connectivity index (χ4n) is 0.857. The van der Waals surface area contributed by atoms with Gasteiger partial charge in [-0.3, -0.25) is 0 Å². The summed E-state index contributed by atoms with van der Waals surface area (Å²) in [6, 6.07) is 0. The van der Waals surface area contributed by atoms with Crippen molar-refractivity contribution < 1.29 is 36.6 Å². The van der Waals surface area contributed by atoms with E-state index in [1.165, 1.54) is 0 Å². The average Bonchev–Trinajstić information content (AvgIpc) is 2.09. The summed E-state index contributed by atoms with van der Waals surface area (Å²) in [5, 5.41) is -2.01. The van der Waals surface area contributed by atoms with Crippen molar-refractivity contribution in [2.24, 2.45) is 0 Å². The summed E-state index contributed by atoms with van der Waals surface area (Å²) in [6.07, 6.45) is 0. The zero-order chi connectivity index (χ0) is 12.0. The van der Waals surface area contributed by atoms with Gasteiger partial charge in [0.2, 0.25) is 29.1 Å². The van der Waals surface area contributed by atoms with Gasteiger partial charge in [0.25, 0.3) is 5.30 Å². The van der Waals surface area contributed by atoms with Gasteiger partial charge in [-0.25, -0.2) is 13.2 Å². The van der Waals surface area contributed by atoms with Gasteiger partial charge in [0.05, 0.1) is 0 Å². The Morgan fingerprint density at radius 2 is 0.867 bits per heavy atom. The van der Waals surface area contributed by atoms with Crippen LogP contribution in [0.2, 0.25) is 0 Å². The third-order valence-corrected chi connectivity index (χ3v) is 2.48. The van der Waals surface area contributed by atoms with Gasteiger partial charge >= 0.3 is 7.94 Å². The molecule has 84 valence electrons. The number of rotatable bonds is 1. The summed E-state index contributed by atoms with van der Waals surface area (Å²) in [6.45, 7) is 0. The number of hydrogen-bond donors (Lipinski definition) is 3. The second kappa shape index (κ2) is 3.64. The molecule has 0 aliphatic heterocycles. The Hall–Kier alpha value is -0.820. The van der Waals surface area contributed by atoms with E-state index in [4.69, 9.17) is 14.7 Å². The quantitative estimate of drug-likeness (QED) is 0.298. The first-order chi connectivity index (χ1) is 6.68. The molecule has 0 saturated heterocycles. The Morgan fingerprint density at radius 3 is 1.13 bits per heavy atom. The maximum Gasteiger partial charge on any atom is 0.447 e. The summed E-state index contributed by atoms with van der Waals surface area (Å²) in [7, 11) is -5.31. The molecule has 0 heterocycles. The highest BCUT2D eigenvalue weighted by atomic mass is 31.2. The van der Waals surface area contributed by atoms with Gasteiger partial charge in [-0.2, -0.15) is 23.5 Å². The smallest absolute Gasteiger partial charge is 0.200 e. The van der Waals surface area contributed by atoms with Crippen LogP contribution in [-0.2, 0) is 0 Å². The van der Waals surface area contributed by atoms with Crippen molar-refractivity contribution in [1.29, 1.82) is 0 Å². The molecular formula is C6H3F5O3P+. The maximum absolute atomic E-state index is 12.7. The molecule has 0 spiro atoms. The molecule has 0 bridgehead atoms. The van der Waals surface area contributed by atoms with Crippen LogP contribution >= 0.6 is 7.94 Å². The van der Waals surface area contributed by atoms with E-state index in [9.17, 15) is 22.0 Å². The van der Waals surface area contributed by atoms with Gasteiger partial charge in [0.15, 0.2) is 0 Å². The predicted octanol–water partition coefficient (Wildman–Crippen LogP) is 0.747. The summed E-state index contributed by atoms with van der Waals surface area (Å²) in [5.74, 6) is -12.1. The molecule has 9 heteroatoms. The van der Waals surface area contributed by atoms with Gasteiger partial charge in [-0.1, -0.05) is 0 Å². The van der Waals surface area contributed by atoms with E-state index in [0.717, 1.165) is 0 Å². The Morgan fingerprint density at radius 1 is 0.600 bits per heavy atom. The highest BCUT2D eigenvalue weighted by molar-refractivity contribution is 7.66. The van der Waals surface area contributed by atoms with E-state index in [2.05, 4.69) is 0 Å². The van der Waals surface area contributed by atoms with Crippen LogP contribution in [0.25, 0.3) is 0 Å². The minimum absolute atomic E-state index is 2.01. The Bertz CT molecular complexity index is 387. The molecule has 0 amide bonds. The molecule has 1 aromatic carbocycles. The van der Waals surface area contributed by atoms with Crippen molar-refractivity contribution in [3.8, 4) is 0 Å². The lowest BCUT2D eigenvalue weighted by Crippen LogP contribution is -2.23. The maximum atomic E-state index is 12.7. The number of benzene rings is 1. The van der Waals surface area contributed by atoms with Crippen molar-refractivity contribution in [3.05, 3.63) is 29.1 Å². The monoisotopic (exact) mass is 249 g/mol. The minimum Gasteiger partial charge on any atom is -0.200 e. The topological polar surface area (TPSA) is 60.7 Å². The summed E-state index contributed by atoms with van der Waals surface area (Å²) < 4.78 is 62.8. The standard InChI is InChI=1S/C6H3F5O3P/c7-1-2(8)4(10)6(15(12,13)14)5(11)3(1)9/h12-14H/q+1. The molecule has 0 atom stereocenters. The summed E-state index contributed by atoms with van der Waals surface area (Å²) >= 11 is 0. The lowest BCUT2D eigenvalue weighted by Gasteiger charge is -2.07. The van der Waals surface area contributed by atoms with Crippen LogP contribution < -0.4 is 5.30 Å². The van der Waals surface area contributed by atoms with Crippen LogP contribution in [0.15, 0.2) is 0 Å². The molecule has 3 N–H and O–H groups in total. The average molecular weight is 249 g/mol. The summed E-state index contributed by atoms with van der Waals surface area (Å²) in [5.41, 5.74) is 0. The van der Waals surface area contributed by atoms with Crippen LogP contribution in [0, 0.1) is 29.1 Å². The van der Waals surface area contributed by atoms with E-state index in [0.29, 0.717) is 0 Å². The molecule has 0 aliphatic carbocycles. The zero-order valence-corrected chi connectivity index (χ0v) is 7.57. The van der Waals surface area contributed by atoms with Crippen molar-refractivity contribution >= 4 is 13.2 Å². The van der Waals surface area contributed by atoms with Crippen molar-refractivity contribution in [2.45, 2.75) is 0 Å². The molecule has 0 aromatic heterocycles. The molecule has 1 aromatic rings. The second-order valence-electron chi connectivity index (χ2n) is 2.49. The highest BCUT2D eigenvalue weighted by Gasteiger charge is 2.46. The third kappa shape index (κ3) is 1.93. The molecule has 0 radical (unpaired) electrons. The van der Waals surface area contributed by atoms with Crippen molar-refractivity contribution in [1.82, 2.24) is 0 Å². The van der Waals surface area contributed by atoms with Crippen LogP contribution in [0.1, 0.15) is 0 Å². The van der Waals surface area contributed by atoms with Gasteiger partial charge in [-0.15, -0.1) is 0 Å². The number of halogens is 5. The Labute approximate surface area is 80.0 Å². The summed E-state index contributed by atoms with van der Waals surface area (Å²) in [4.78, 5) is 25.4. The minimum atomic E-state index is -5.31. The lowest BCUT2D eigenvalue weighted by atomic mass is 10.3. The molecule has 0 fully saturated rings. The molecular weight excluding hydrogens is 246 g/mol. The molecule has 0 unspecified atom stereocenters. The van der Waals surface area contributed by atoms with Gasteiger partial charge in [0.1, 0.15) is 0 Å². The second-order valence-corrected chi connectivity index (χ2v) is 4.07. The highest BCUT2D eigenvalue weighted by Crippen LogP contribution is 2.45. The first kappa shape index (κ1) is 12.3. The van der Waals surface area contributed by atoms with Crippen LogP contribution in [0.3, 0.4) is 0 Å². The third-order valence-electron chi connectivity index (χ3n) is 1.49. The normalized spacial score (nSPS) is 12.0. The first-order valence-corrected chi connectivity index (χ1v) is 4.92. The largest absolute Gasteiger partial charge is 0.447 e. The van der Waals surface area contributed by atoms with Gasteiger partial charge in [-0.05, 0) is 0 Å². The van der Waals surface area contributed by atoms with E-state index in [-0.39, 0.29) is 0 Å². The molecule has 15 heavy (non-hydrogen) atoms. The lowest BCUT2D eigenvalue weighted by molar-refractivity contribution is 0.335. The van der Waals surface area contributed by atoms with Gasteiger partial charge < -0.3 is 0 Å². The molecule has 0 saturated carbocycles. The Kier molecular flexibility index (Phi) is 2.97. The number of hydrogen-bond acceptors (Lipinski definition) is 3. The van der Waals surface area contributed by atoms with Gasteiger partial charge in [0, 0.05) is 0 Å². The SMILES string of the molecule is O[P+](O)(O)c1c(F)c(F)c(F)c(F)c1F. The van der Waals surface area contributed by atoms with E-state index < -0.39 is 42.3 Å². The molecule has 0 aliphatic rings. The zero-order valence-electron chi connectivity index (χ0n) is 6.68.